The van der Waals surface area contributed by atoms with Crippen molar-refractivity contribution in [1.82, 2.24) is 4.90 Å². The molecular formula is C17H29NO2S2. The largest absolute Gasteiger partial charge is 0.380 e. The highest BCUT2D eigenvalue weighted by molar-refractivity contribution is 8.23. The maximum atomic E-state index is 13.0. The molecule has 0 bridgehead atoms. The maximum Gasteiger partial charge on any atom is 0.233 e. The predicted octanol–water partition coefficient (Wildman–Crippen LogP) is 4.12. The van der Waals surface area contributed by atoms with Gasteiger partial charge in [0.05, 0.1) is 12.0 Å². The van der Waals surface area contributed by atoms with Crippen LogP contribution in [0.15, 0.2) is 12.2 Å². The van der Waals surface area contributed by atoms with Gasteiger partial charge in [0.25, 0.3) is 0 Å². The summed E-state index contributed by atoms with van der Waals surface area (Å²) in [7, 11) is 1.69. The van der Waals surface area contributed by atoms with Crippen LogP contribution < -0.4 is 0 Å². The third-order valence-corrected chi connectivity index (χ3v) is 5.87. The topological polar surface area (TPSA) is 29.5 Å². The zero-order valence-electron chi connectivity index (χ0n) is 14.5. The normalized spacial score (nSPS) is 23.3. The summed E-state index contributed by atoms with van der Waals surface area (Å²) in [5.74, 6) is 1.52. The second kappa shape index (κ2) is 9.04. The van der Waals surface area contributed by atoms with Crippen molar-refractivity contribution in [3.63, 3.8) is 0 Å². The van der Waals surface area contributed by atoms with E-state index in [1.165, 1.54) is 0 Å². The van der Waals surface area contributed by atoms with Crippen molar-refractivity contribution in [3.8, 4) is 0 Å². The SMILES string of the molecule is C/C=C/C[C@H](C)[C@@H](OC)[C@@H](C)C(=O)N1C(=S)SC[C@@H]1C(C)C. The number of carbonyl (C=O) groups is 1. The van der Waals surface area contributed by atoms with Crippen molar-refractivity contribution < 1.29 is 9.53 Å². The minimum Gasteiger partial charge on any atom is -0.380 e. The molecule has 5 heteroatoms. The van der Waals surface area contributed by atoms with Crippen LogP contribution in [0.3, 0.4) is 0 Å². The van der Waals surface area contributed by atoms with E-state index in [-0.39, 0.29) is 24.0 Å². The Morgan fingerprint density at radius 1 is 1.45 bits per heavy atom. The number of nitrogens with zero attached hydrogens (tertiary/aromatic N) is 1. The molecular weight excluding hydrogens is 314 g/mol. The Morgan fingerprint density at radius 2 is 2.09 bits per heavy atom. The second-order valence-corrected chi connectivity index (χ2v) is 8.02. The average Bonchev–Trinajstić information content (AvgIpc) is 2.86. The number of carbonyl (C=O) groups excluding carboxylic acids is 1. The van der Waals surface area contributed by atoms with E-state index in [4.69, 9.17) is 17.0 Å². The zero-order valence-corrected chi connectivity index (χ0v) is 16.2. The second-order valence-electron chi connectivity index (χ2n) is 6.37. The fraction of sp³-hybridized carbons (Fsp3) is 0.765. The molecule has 0 aromatic rings. The van der Waals surface area contributed by atoms with Crippen LogP contribution in [0.4, 0.5) is 0 Å². The molecule has 0 radical (unpaired) electrons. The summed E-state index contributed by atoms with van der Waals surface area (Å²) in [6.45, 7) is 10.4. The summed E-state index contributed by atoms with van der Waals surface area (Å²) in [5.41, 5.74) is 0. The quantitative estimate of drug-likeness (QED) is 0.513. The highest BCUT2D eigenvalue weighted by Gasteiger charge is 2.40. The van der Waals surface area contributed by atoms with Gasteiger partial charge < -0.3 is 4.74 Å². The van der Waals surface area contributed by atoms with Crippen LogP contribution in [0.25, 0.3) is 0 Å². The lowest BCUT2D eigenvalue weighted by atomic mass is 9.89. The van der Waals surface area contributed by atoms with E-state index in [0.29, 0.717) is 16.2 Å². The van der Waals surface area contributed by atoms with Gasteiger partial charge in [-0.25, -0.2) is 0 Å². The highest BCUT2D eigenvalue weighted by Crippen LogP contribution is 2.32. The molecule has 126 valence electrons. The number of hydrogen-bond acceptors (Lipinski definition) is 4. The van der Waals surface area contributed by atoms with Crippen LogP contribution in [0.2, 0.25) is 0 Å². The number of amides is 1. The first-order valence-electron chi connectivity index (χ1n) is 7.98. The molecule has 0 aliphatic carbocycles. The molecule has 1 rings (SSSR count). The van der Waals surface area contributed by atoms with Crippen LogP contribution in [-0.2, 0) is 9.53 Å². The first-order chi connectivity index (χ1) is 10.3. The van der Waals surface area contributed by atoms with Gasteiger partial charge >= 0.3 is 0 Å². The lowest BCUT2D eigenvalue weighted by molar-refractivity contribution is -0.138. The number of methoxy groups -OCH3 is 1. The molecule has 1 fully saturated rings. The van der Waals surface area contributed by atoms with Gasteiger partial charge in [-0.15, -0.1) is 0 Å². The van der Waals surface area contributed by atoms with Gasteiger partial charge in [0.1, 0.15) is 4.32 Å². The molecule has 0 saturated carbocycles. The van der Waals surface area contributed by atoms with Crippen LogP contribution in [0.1, 0.15) is 41.0 Å². The van der Waals surface area contributed by atoms with E-state index in [0.717, 1.165) is 12.2 Å². The minimum absolute atomic E-state index is 0.0927. The Kier molecular flexibility index (Phi) is 8.08. The highest BCUT2D eigenvalue weighted by atomic mass is 32.2. The monoisotopic (exact) mass is 343 g/mol. The average molecular weight is 344 g/mol. The summed E-state index contributed by atoms with van der Waals surface area (Å²) in [6, 6.07) is 0.204. The first kappa shape index (κ1) is 19.7. The molecule has 0 spiro atoms. The van der Waals surface area contributed by atoms with Crippen LogP contribution >= 0.6 is 24.0 Å². The fourth-order valence-electron chi connectivity index (χ4n) is 2.95. The molecule has 0 N–H and O–H groups in total. The number of rotatable bonds is 7. The van der Waals surface area contributed by atoms with Crippen LogP contribution in [0, 0.1) is 17.8 Å². The van der Waals surface area contributed by atoms with E-state index in [1.54, 1.807) is 18.9 Å². The Labute approximate surface area is 144 Å². The molecule has 1 heterocycles. The predicted molar refractivity (Wildman–Crippen MR) is 99.1 cm³/mol. The summed E-state index contributed by atoms with van der Waals surface area (Å²) >= 11 is 7.02. The smallest absolute Gasteiger partial charge is 0.233 e. The molecule has 1 saturated heterocycles. The number of allylic oxidation sites excluding steroid dienone is 2. The van der Waals surface area contributed by atoms with Gasteiger partial charge in [-0.1, -0.05) is 63.8 Å². The lowest BCUT2D eigenvalue weighted by Crippen LogP contribution is -2.47. The number of ether oxygens (including phenoxy) is 1. The van der Waals surface area contributed by atoms with Crippen molar-refractivity contribution in [1.29, 1.82) is 0 Å². The number of thioether (sulfide) groups is 1. The maximum absolute atomic E-state index is 13.0. The molecule has 0 aromatic carbocycles. The van der Waals surface area contributed by atoms with E-state index in [9.17, 15) is 4.79 Å². The Balaban J connectivity index is 2.86. The molecule has 1 amide bonds. The zero-order chi connectivity index (χ0) is 16.9. The molecule has 22 heavy (non-hydrogen) atoms. The van der Waals surface area contributed by atoms with E-state index >= 15 is 0 Å². The van der Waals surface area contributed by atoms with Crippen molar-refractivity contribution in [3.05, 3.63) is 12.2 Å². The third-order valence-electron chi connectivity index (χ3n) is 4.37. The summed E-state index contributed by atoms with van der Waals surface area (Å²) in [6.07, 6.45) is 4.99. The van der Waals surface area contributed by atoms with E-state index in [1.807, 2.05) is 24.8 Å². The number of thiocarbonyl (C=S) groups is 1. The molecule has 1 aliphatic rings. The lowest BCUT2D eigenvalue weighted by Gasteiger charge is -2.33. The van der Waals surface area contributed by atoms with Crippen molar-refractivity contribution in [2.24, 2.45) is 17.8 Å². The number of hydrogen-bond donors (Lipinski definition) is 0. The van der Waals surface area contributed by atoms with Crippen molar-refractivity contribution >= 4 is 34.2 Å². The standard InChI is InChI=1S/C17H29NO2S2/c1-7-8-9-12(4)15(20-6)13(5)16(19)18-14(11(2)3)10-22-17(18)21/h7-8,11-15H,9-10H2,1-6H3/b8-7+/t12-,13+,14+,15+/m0/s1. The van der Waals surface area contributed by atoms with Gasteiger partial charge in [0.2, 0.25) is 5.91 Å². The Hall–Kier alpha value is -0.390. The van der Waals surface area contributed by atoms with Gasteiger partial charge in [0, 0.05) is 18.9 Å². The molecule has 0 aromatic heterocycles. The van der Waals surface area contributed by atoms with Gasteiger partial charge in [0.15, 0.2) is 0 Å². The van der Waals surface area contributed by atoms with Crippen molar-refractivity contribution in [2.45, 2.75) is 53.2 Å². The van der Waals surface area contributed by atoms with Gasteiger partial charge in [-0.3, -0.25) is 9.69 Å². The third kappa shape index (κ3) is 4.56. The molecule has 0 unspecified atom stereocenters. The molecule has 4 atom stereocenters. The summed E-state index contributed by atoms with van der Waals surface area (Å²) < 4.78 is 6.37. The Morgan fingerprint density at radius 3 is 2.59 bits per heavy atom. The van der Waals surface area contributed by atoms with E-state index in [2.05, 4.69) is 26.8 Å². The van der Waals surface area contributed by atoms with Crippen LogP contribution in [-0.4, -0.2) is 40.1 Å². The van der Waals surface area contributed by atoms with Crippen molar-refractivity contribution in [2.75, 3.05) is 12.9 Å². The van der Waals surface area contributed by atoms with E-state index < -0.39 is 0 Å². The first-order valence-corrected chi connectivity index (χ1v) is 9.38. The summed E-state index contributed by atoms with van der Waals surface area (Å²) in [5, 5.41) is 0. The van der Waals surface area contributed by atoms with Crippen LogP contribution in [0.5, 0.6) is 0 Å². The fourth-order valence-corrected chi connectivity index (χ4v) is 4.60. The molecule has 1 aliphatic heterocycles. The molecule has 3 nitrogen and oxygen atoms in total. The van der Waals surface area contributed by atoms with Gasteiger partial charge in [-0.2, -0.15) is 0 Å². The Bertz CT molecular complexity index is 423. The minimum atomic E-state index is -0.192. The van der Waals surface area contributed by atoms with Gasteiger partial charge in [-0.05, 0) is 25.2 Å². The summed E-state index contributed by atoms with van der Waals surface area (Å²) in [4.78, 5) is 14.8.